The van der Waals surface area contributed by atoms with Gasteiger partial charge < -0.3 is 15.2 Å². The SMILES string of the molecule is CCCOC(=O)c1c(NC(=O)[C@@H]2CC=CC[C@H]2C(=O)O)sc(C)c1-c1ccccc1. The predicted octanol–water partition coefficient (Wildman–Crippen LogP) is 4.90. The van der Waals surface area contributed by atoms with E-state index in [4.69, 9.17) is 4.74 Å². The Kier molecular flexibility index (Phi) is 7.05. The number of ether oxygens (including phenoxy) is 1. The monoisotopic (exact) mass is 427 g/mol. The molecule has 2 atom stereocenters. The molecule has 0 aliphatic heterocycles. The molecule has 1 aliphatic rings. The van der Waals surface area contributed by atoms with Crippen molar-refractivity contribution in [1.29, 1.82) is 0 Å². The Morgan fingerprint density at radius 3 is 2.43 bits per heavy atom. The van der Waals surface area contributed by atoms with Gasteiger partial charge in [-0.05, 0) is 31.7 Å². The van der Waals surface area contributed by atoms with E-state index in [9.17, 15) is 19.5 Å². The first-order valence-electron chi connectivity index (χ1n) is 9.98. The lowest BCUT2D eigenvalue weighted by Gasteiger charge is -2.24. The van der Waals surface area contributed by atoms with E-state index in [1.807, 2.05) is 50.3 Å². The molecule has 0 unspecified atom stereocenters. The summed E-state index contributed by atoms with van der Waals surface area (Å²) in [6.45, 7) is 4.09. The number of thiophene rings is 1. The molecule has 2 N–H and O–H groups in total. The highest BCUT2D eigenvalue weighted by Crippen LogP contribution is 2.41. The van der Waals surface area contributed by atoms with Gasteiger partial charge in [0.05, 0.1) is 18.4 Å². The standard InChI is InChI=1S/C23H25NO5S/c1-3-13-29-23(28)19-18(15-9-5-4-6-10-15)14(2)30-21(19)24-20(25)16-11-7-8-12-17(16)22(26)27/h4-10,16-17H,3,11-13H2,1-2H3,(H,24,25)(H,26,27)/t16-,17-/m1/s1. The molecule has 6 nitrogen and oxygen atoms in total. The fourth-order valence-corrected chi connectivity index (χ4v) is 4.70. The zero-order valence-electron chi connectivity index (χ0n) is 17.0. The van der Waals surface area contributed by atoms with Crippen molar-refractivity contribution in [2.45, 2.75) is 33.1 Å². The van der Waals surface area contributed by atoms with E-state index in [1.165, 1.54) is 11.3 Å². The van der Waals surface area contributed by atoms with Gasteiger partial charge in [-0.3, -0.25) is 9.59 Å². The maximum atomic E-state index is 13.0. The zero-order valence-corrected chi connectivity index (χ0v) is 17.8. The molecule has 0 spiro atoms. The summed E-state index contributed by atoms with van der Waals surface area (Å²) >= 11 is 1.30. The fraction of sp³-hybridized carbons (Fsp3) is 0.348. The van der Waals surface area contributed by atoms with Crippen LogP contribution in [0.3, 0.4) is 0 Å². The van der Waals surface area contributed by atoms with Crippen LogP contribution in [0, 0.1) is 18.8 Å². The molecule has 1 amide bonds. The molecule has 0 radical (unpaired) electrons. The summed E-state index contributed by atoms with van der Waals surface area (Å²) in [5.74, 6) is -3.34. The van der Waals surface area contributed by atoms with Crippen molar-refractivity contribution in [2.75, 3.05) is 11.9 Å². The van der Waals surface area contributed by atoms with Crippen molar-refractivity contribution in [1.82, 2.24) is 0 Å². The van der Waals surface area contributed by atoms with Gasteiger partial charge in [0.15, 0.2) is 0 Å². The lowest BCUT2D eigenvalue weighted by molar-refractivity contribution is -0.146. The number of hydrogen-bond donors (Lipinski definition) is 2. The highest BCUT2D eigenvalue weighted by Gasteiger charge is 2.35. The van der Waals surface area contributed by atoms with Crippen molar-refractivity contribution >= 4 is 34.2 Å². The van der Waals surface area contributed by atoms with E-state index < -0.39 is 29.7 Å². The summed E-state index contributed by atoms with van der Waals surface area (Å²) in [4.78, 5) is 38.3. The van der Waals surface area contributed by atoms with Crippen LogP contribution >= 0.6 is 11.3 Å². The van der Waals surface area contributed by atoms with E-state index in [-0.39, 0.29) is 6.61 Å². The second-order valence-corrected chi connectivity index (χ2v) is 8.45. The molecule has 2 aromatic rings. The van der Waals surface area contributed by atoms with Crippen molar-refractivity contribution < 1.29 is 24.2 Å². The second-order valence-electron chi connectivity index (χ2n) is 7.22. The maximum Gasteiger partial charge on any atom is 0.341 e. The van der Waals surface area contributed by atoms with Crippen molar-refractivity contribution in [3.05, 3.63) is 52.9 Å². The molecule has 0 fully saturated rings. The van der Waals surface area contributed by atoms with Gasteiger partial charge in [-0.1, -0.05) is 49.4 Å². The number of carboxylic acids is 1. The number of anilines is 1. The number of benzene rings is 1. The Morgan fingerprint density at radius 2 is 1.80 bits per heavy atom. The topological polar surface area (TPSA) is 92.7 Å². The van der Waals surface area contributed by atoms with Crippen LogP contribution in [0.25, 0.3) is 11.1 Å². The van der Waals surface area contributed by atoms with Gasteiger partial charge in [0, 0.05) is 10.4 Å². The van der Waals surface area contributed by atoms with Crippen LogP contribution in [-0.2, 0) is 14.3 Å². The molecular weight excluding hydrogens is 402 g/mol. The number of hydrogen-bond acceptors (Lipinski definition) is 5. The Labute approximate surface area is 179 Å². The average molecular weight is 428 g/mol. The molecule has 7 heteroatoms. The highest BCUT2D eigenvalue weighted by atomic mass is 32.1. The number of carboxylic acid groups (broad SMARTS) is 1. The van der Waals surface area contributed by atoms with E-state index in [2.05, 4.69) is 5.32 Å². The van der Waals surface area contributed by atoms with Crippen LogP contribution in [0.5, 0.6) is 0 Å². The normalized spacial score (nSPS) is 18.1. The third-order valence-electron chi connectivity index (χ3n) is 5.11. The molecule has 3 rings (SSSR count). The number of carbonyl (C=O) groups excluding carboxylic acids is 2. The third kappa shape index (κ3) is 4.62. The molecule has 0 saturated carbocycles. The summed E-state index contributed by atoms with van der Waals surface area (Å²) in [7, 11) is 0. The molecule has 158 valence electrons. The molecule has 1 heterocycles. The Hall–Kier alpha value is -2.93. The number of amides is 1. The van der Waals surface area contributed by atoms with Crippen LogP contribution in [0.2, 0.25) is 0 Å². The number of esters is 1. The number of aryl methyl sites for hydroxylation is 1. The van der Waals surface area contributed by atoms with Crippen LogP contribution in [0.15, 0.2) is 42.5 Å². The van der Waals surface area contributed by atoms with Gasteiger partial charge in [0.25, 0.3) is 0 Å². The van der Waals surface area contributed by atoms with Crippen LogP contribution in [0.4, 0.5) is 5.00 Å². The van der Waals surface area contributed by atoms with Crippen molar-refractivity contribution in [3.8, 4) is 11.1 Å². The van der Waals surface area contributed by atoms with Crippen LogP contribution < -0.4 is 5.32 Å². The summed E-state index contributed by atoms with van der Waals surface area (Å²) in [6.07, 6.45) is 4.98. The van der Waals surface area contributed by atoms with Crippen LogP contribution in [-0.4, -0.2) is 29.6 Å². The van der Waals surface area contributed by atoms with Gasteiger partial charge in [0.1, 0.15) is 10.6 Å². The molecule has 1 aliphatic carbocycles. The fourth-order valence-electron chi connectivity index (χ4n) is 3.63. The molecule has 0 bridgehead atoms. The summed E-state index contributed by atoms with van der Waals surface area (Å²) in [6, 6.07) is 9.48. The molecule has 30 heavy (non-hydrogen) atoms. The quantitative estimate of drug-likeness (QED) is 0.484. The van der Waals surface area contributed by atoms with E-state index in [1.54, 1.807) is 6.08 Å². The van der Waals surface area contributed by atoms with Gasteiger partial charge in [0.2, 0.25) is 5.91 Å². The molecule has 1 aromatic carbocycles. The molecule has 1 aromatic heterocycles. The first kappa shape index (κ1) is 21.8. The lowest BCUT2D eigenvalue weighted by Crippen LogP contribution is -2.34. The summed E-state index contributed by atoms with van der Waals surface area (Å²) in [5, 5.41) is 12.7. The number of nitrogens with one attached hydrogen (secondary N) is 1. The van der Waals surface area contributed by atoms with Crippen molar-refractivity contribution in [2.24, 2.45) is 11.8 Å². The number of carbonyl (C=O) groups is 3. The number of aliphatic carboxylic acids is 1. The predicted molar refractivity (Wildman–Crippen MR) is 117 cm³/mol. The zero-order chi connectivity index (χ0) is 21.7. The van der Waals surface area contributed by atoms with E-state index in [0.29, 0.717) is 29.8 Å². The van der Waals surface area contributed by atoms with E-state index >= 15 is 0 Å². The molecular formula is C23H25NO5S. The smallest absolute Gasteiger partial charge is 0.341 e. The Balaban J connectivity index is 1.98. The first-order valence-corrected chi connectivity index (χ1v) is 10.8. The minimum atomic E-state index is -0.991. The number of allylic oxidation sites excluding steroid dienone is 2. The number of rotatable bonds is 7. The minimum absolute atomic E-state index is 0.282. The van der Waals surface area contributed by atoms with Gasteiger partial charge in [-0.15, -0.1) is 11.3 Å². The highest BCUT2D eigenvalue weighted by molar-refractivity contribution is 7.17. The summed E-state index contributed by atoms with van der Waals surface area (Å²) in [5.41, 5.74) is 1.92. The average Bonchev–Trinajstić information content (AvgIpc) is 3.08. The van der Waals surface area contributed by atoms with E-state index in [0.717, 1.165) is 16.0 Å². The maximum absolute atomic E-state index is 13.0. The third-order valence-corrected chi connectivity index (χ3v) is 6.13. The summed E-state index contributed by atoms with van der Waals surface area (Å²) < 4.78 is 5.39. The van der Waals surface area contributed by atoms with Gasteiger partial charge in [-0.2, -0.15) is 0 Å². The largest absolute Gasteiger partial charge is 0.481 e. The van der Waals surface area contributed by atoms with Crippen LogP contribution in [0.1, 0.15) is 41.4 Å². The first-order chi connectivity index (χ1) is 14.4. The Bertz CT molecular complexity index is 963. The molecule has 0 saturated heterocycles. The minimum Gasteiger partial charge on any atom is -0.481 e. The second kappa shape index (κ2) is 9.71. The van der Waals surface area contributed by atoms with Gasteiger partial charge >= 0.3 is 11.9 Å². The van der Waals surface area contributed by atoms with Gasteiger partial charge in [-0.25, -0.2) is 4.79 Å². The van der Waals surface area contributed by atoms with Crippen molar-refractivity contribution in [3.63, 3.8) is 0 Å². The lowest BCUT2D eigenvalue weighted by atomic mass is 9.82. The Morgan fingerprint density at radius 1 is 1.13 bits per heavy atom.